The molecule has 0 heterocycles. The second-order valence-electron chi connectivity index (χ2n) is 2.26. The number of hydrogen-bond acceptors (Lipinski definition) is 2. The molecule has 66 valence electrons. The van der Waals surface area contributed by atoms with Crippen LogP contribution in [0, 0.1) is 0 Å². The van der Waals surface area contributed by atoms with Gasteiger partial charge in [-0.3, -0.25) is 0 Å². The van der Waals surface area contributed by atoms with Crippen molar-refractivity contribution in [1.29, 1.82) is 0 Å². The summed E-state index contributed by atoms with van der Waals surface area (Å²) in [5, 5.41) is 0.693. The van der Waals surface area contributed by atoms with E-state index in [0.717, 1.165) is 11.3 Å². The summed E-state index contributed by atoms with van der Waals surface area (Å²) in [5.74, 6) is 0. The Labute approximate surface area is 87.4 Å². The van der Waals surface area contributed by atoms with Crippen LogP contribution >= 0.6 is 11.6 Å². The molecule has 0 bridgehead atoms. The van der Waals surface area contributed by atoms with Crippen molar-refractivity contribution in [2.75, 3.05) is 0 Å². The van der Waals surface area contributed by atoms with Gasteiger partial charge in [-0.1, -0.05) is 0 Å². The van der Waals surface area contributed by atoms with Crippen LogP contribution in [0.5, 0.6) is 0 Å². The van der Waals surface area contributed by atoms with Crippen LogP contribution in [0.2, 0.25) is 5.02 Å². The van der Waals surface area contributed by atoms with E-state index in [9.17, 15) is 0 Å². The van der Waals surface area contributed by atoms with Gasteiger partial charge in [0.1, 0.15) is 0 Å². The summed E-state index contributed by atoms with van der Waals surface area (Å²) in [7, 11) is 0. The van der Waals surface area contributed by atoms with Gasteiger partial charge < -0.3 is 0 Å². The zero-order valence-electron chi connectivity index (χ0n) is 6.46. The molecule has 2 nitrogen and oxygen atoms in total. The molecule has 0 aliphatic rings. The molecule has 0 saturated heterocycles. The normalized spacial score (nSPS) is 12.1. The molecular formula is C8H8ClINO-. The Morgan fingerprint density at radius 3 is 2.92 bits per heavy atom. The van der Waals surface area contributed by atoms with Crippen LogP contribution in [0.15, 0.2) is 27.5 Å². The van der Waals surface area contributed by atoms with E-state index in [-0.39, 0.29) is 0 Å². The molecule has 0 amide bonds. The molecule has 0 aromatic heterocycles. The third-order valence-corrected chi connectivity index (χ3v) is 2.58. The molecule has 0 saturated carbocycles. The van der Waals surface area contributed by atoms with Gasteiger partial charge in [-0.15, -0.1) is 0 Å². The molecule has 0 aliphatic carbocycles. The molecule has 0 radical (unpaired) electrons. The molecular weight excluding hydrogens is 288 g/mol. The van der Waals surface area contributed by atoms with Crippen LogP contribution in [-0.4, -0.2) is 9.15 Å². The van der Waals surface area contributed by atoms with E-state index in [2.05, 4.69) is 3.21 Å². The number of nitrogens with zero attached hydrogens (tertiary/aromatic N) is 1. The first-order valence-electron chi connectivity index (χ1n) is 3.32. The first-order valence-corrected chi connectivity index (χ1v) is 5.63. The van der Waals surface area contributed by atoms with Gasteiger partial charge in [-0.25, -0.2) is 0 Å². The summed E-state index contributed by atoms with van der Waals surface area (Å²) >= 11 is 4.76. The molecule has 1 aromatic carbocycles. The fourth-order valence-corrected chi connectivity index (χ4v) is 1.61. The van der Waals surface area contributed by atoms with E-state index >= 15 is 0 Å². The van der Waals surface area contributed by atoms with E-state index in [0.29, 0.717) is 5.02 Å². The van der Waals surface area contributed by atoms with Gasteiger partial charge in [0.15, 0.2) is 0 Å². The third kappa shape index (κ3) is 2.73. The monoisotopic (exact) mass is 296 g/mol. The average molecular weight is 297 g/mol. The topological polar surface area (TPSA) is 32.6 Å². The first kappa shape index (κ1) is 9.95. The minimum absolute atomic E-state index is 0.693. The fraction of sp³-hybridized carbons (Fsp3) is 0.125. The summed E-state index contributed by atoms with van der Waals surface area (Å²) < 4.78 is 12.6. The Bertz CT molecular complexity index is 301. The van der Waals surface area contributed by atoms with Gasteiger partial charge in [0, 0.05) is 0 Å². The first-order chi connectivity index (χ1) is 5.74. The van der Waals surface area contributed by atoms with Gasteiger partial charge in [-0.2, -0.15) is 0 Å². The van der Waals surface area contributed by atoms with Crippen molar-refractivity contribution in [1.82, 2.24) is 0 Å². The Hall–Kier alpha value is -0.130. The second kappa shape index (κ2) is 4.79. The van der Waals surface area contributed by atoms with Crippen molar-refractivity contribution in [3.05, 3.63) is 34.9 Å². The Morgan fingerprint density at radius 2 is 2.33 bits per heavy atom. The Kier molecular flexibility index (Phi) is 3.97. The summed E-state index contributed by atoms with van der Waals surface area (Å²) in [5.41, 5.74) is 1.81. The summed E-state index contributed by atoms with van der Waals surface area (Å²) in [4.78, 5) is 0. The third-order valence-electron chi connectivity index (χ3n) is 1.41. The van der Waals surface area contributed by atoms with Crippen LogP contribution in [-0.2, 0) is 0 Å². The van der Waals surface area contributed by atoms with Gasteiger partial charge in [0.25, 0.3) is 0 Å². The van der Waals surface area contributed by atoms with Crippen LogP contribution in [0.4, 0.5) is 0 Å². The van der Waals surface area contributed by atoms with Gasteiger partial charge in [0.2, 0.25) is 0 Å². The predicted molar refractivity (Wildman–Crippen MR) is 45.9 cm³/mol. The number of rotatable bonds is 2. The predicted octanol–water partition coefficient (Wildman–Crippen LogP) is -0.940. The summed E-state index contributed by atoms with van der Waals surface area (Å²) in [6, 6.07) is 7.43. The van der Waals surface area contributed by atoms with Gasteiger partial charge in [0.05, 0.1) is 0 Å². The number of hydrogen-bond donors (Lipinski definition) is 1. The van der Waals surface area contributed by atoms with Crippen LogP contribution < -0.4 is 21.9 Å². The van der Waals surface area contributed by atoms with Crippen molar-refractivity contribution < 1.29 is 25.3 Å². The van der Waals surface area contributed by atoms with Gasteiger partial charge >= 0.3 is 87.6 Å². The van der Waals surface area contributed by atoms with Crippen LogP contribution in [0.1, 0.15) is 12.5 Å². The van der Waals surface area contributed by atoms with Crippen molar-refractivity contribution >= 4 is 17.3 Å². The van der Waals surface area contributed by atoms with Crippen molar-refractivity contribution in [3.63, 3.8) is 0 Å². The molecule has 0 atom stereocenters. The van der Waals surface area contributed by atoms with Gasteiger partial charge in [-0.05, 0) is 0 Å². The SMILES string of the molecule is CC(=N[I-]O)c1cccc(Cl)c1. The molecule has 0 aliphatic heterocycles. The molecule has 0 spiro atoms. The van der Waals surface area contributed by atoms with Crippen LogP contribution in [0.3, 0.4) is 0 Å². The van der Waals surface area contributed by atoms with Crippen molar-refractivity contribution in [2.45, 2.75) is 6.92 Å². The number of halogens is 2. The van der Waals surface area contributed by atoms with E-state index in [4.69, 9.17) is 15.0 Å². The maximum atomic E-state index is 8.66. The molecule has 0 fully saturated rings. The van der Waals surface area contributed by atoms with Crippen LogP contribution in [0.25, 0.3) is 0 Å². The van der Waals surface area contributed by atoms with Crippen molar-refractivity contribution in [3.8, 4) is 0 Å². The van der Waals surface area contributed by atoms with E-state index in [1.807, 2.05) is 31.2 Å². The second-order valence-corrected chi connectivity index (χ2v) is 3.61. The molecule has 1 rings (SSSR count). The molecule has 1 aromatic rings. The zero-order valence-corrected chi connectivity index (χ0v) is 9.37. The number of benzene rings is 1. The van der Waals surface area contributed by atoms with E-state index in [1.165, 1.54) is 0 Å². The molecule has 4 heteroatoms. The quantitative estimate of drug-likeness (QED) is 0.555. The minimum atomic E-state index is -1.02. The Balaban J connectivity index is 2.95. The molecule has 0 unspecified atom stereocenters. The van der Waals surface area contributed by atoms with E-state index in [1.54, 1.807) is 0 Å². The van der Waals surface area contributed by atoms with E-state index < -0.39 is 21.9 Å². The fourth-order valence-electron chi connectivity index (χ4n) is 0.819. The summed E-state index contributed by atoms with van der Waals surface area (Å²) in [6.07, 6.45) is 0. The standard InChI is InChI=1S/C8H8ClINO/c1-6(11-10-12)7-3-2-4-8(9)5-7/h2-5,12H,1H3/q-1. The maximum absolute atomic E-state index is 8.66. The Morgan fingerprint density at radius 1 is 1.58 bits per heavy atom. The summed E-state index contributed by atoms with van der Waals surface area (Å²) in [6.45, 7) is 1.86. The van der Waals surface area contributed by atoms with Crippen molar-refractivity contribution in [2.24, 2.45) is 3.21 Å². The average Bonchev–Trinajstić information content (AvgIpc) is 2.05. The zero-order chi connectivity index (χ0) is 8.97. The molecule has 12 heavy (non-hydrogen) atoms. The molecule has 1 N–H and O–H groups in total.